The third kappa shape index (κ3) is 8.41. The topological polar surface area (TPSA) is 19.0 Å². The molecule has 0 spiro atoms. The van der Waals surface area contributed by atoms with E-state index in [4.69, 9.17) is 4.74 Å². The average molecular weight is 581 g/mol. The summed E-state index contributed by atoms with van der Waals surface area (Å²) in [6.07, 6.45) is -0.959. The molecule has 4 nitrogen and oxygen atoms in total. The predicted molar refractivity (Wildman–Crippen MR) is 151 cm³/mol. The number of nitrogens with zero attached hydrogens (tertiary/aromatic N) is 3. The van der Waals surface area contributed by atoms with Gasteiger partial charge in [0, 0.05) is 49.1 Å². The van der Waals surface area contributed by atoms with Gasteiger partial charge in [0.05, 0.1) is 29.6 Å². The van der Waals surface area contributed by atoms with Crippen molar-refractivity contribution in [1.29, 1.82) is 0 Å². The molecule has 2 heterocycles. The zero-order chi connectivity index (χ0) is 24.8. The molecule has 10 heteroatoms. The number of ether oxygens (including phenoxy) is 1. The first-order chi connectivity index (χ1) is 16.9. The lowest BCUT2D eigenvalue weighted by Gasteiger charge is -2.36. The minimum Gasteiger partial charge on any atom is -0.377 e. The van der Waals surface area contributed by atoms with E-state index in [1.165, 1.54) is 12.1 Å². The van der Waals surface area contributed by atoms with Gasteiger partial charge in [0.2, 0.25) is 0 Å². The van der Waals surface area contributed by atoms with Crippen molar-refractivity contribution in [1.82, 2.24) is 9.80 Å². The number of halogens is 5. The van der Waals surface area contributed by atoms with Gasteiger partial charge in [-0.05, 0) is 56.1 Å². The van der Waals surface area contributed by atoms with Crippen molar-refractivity contribution >= 4 is 48.0 Å². The SMILES string of the molecule is CCC(CC)OCCN1CCN(CCCN2c3ccccc3Sc3ccc(C(F)(F)F)cc32)CC1.Cl.Cl. The molecule has 2 aromatic carbocycles. The lowest BCUT2D eigenvalue weighted by molar-refractivity contribution is -0.137. The molecule has 208 valence electrons. The first kappa shape index (κ1) is 32.1. The monoisotopic (exact) mass is 579 g/mol. The highest BCUT2D eigenvalue weighted by Crippen LogP contribution is 2.49. The quantitative estimate of drug-likeness (QED) is 0.292. The summed E-state index contributed by atoms with van der Waals surface area (Å²) in [5.74, 6) is 0. The van der Waals surface area contributed by atoms with Crippen LogP contribution in [0, 0.1) is 0 Å². The summed E-state index contributed by atoms with van der Waals surface area (Å²) in [6, 6.07) is 12.1. The molecule has 2 aliphatic rings. The molecule has 4 rings (SSSR count). The maximum absolute atomic E-state index is 13.4. The van der Waals surface area contributed by atoms with Crippen LogP contribution in [0.5, 0.6) is 0 Å². The summed E-state index contributed by atoms with van der Waals surface area (Å²) in [6.45, 7) is 11.8. The van der Waals surface area contributed by atoms with E-state index in [0.29, 0.717) is 18.3 Å². The number of alkyl halides is 3. The van der Waals surface area contributed by atoms with Crippen LogP contribution in [0.25, 0.3) is 0 Å². The number of anilines is 2. The van der Waals surface area contributed by atoms with E-state index in [1.807, 2.05) is 24.3 Å². The van der Waals surface area contributed by atoms with Crippen molar-refractivity contribution < 1.29 is 17.9 Å². The first-order valence-corrected chi connectivity index (χ1v) is 13.5. The van der Waals surface area contributed by atoms with E-state index >= 15 is 0 Å². The van der Waals surface area contributed by atoms with Gasteiger partial charge >= 0.3 is 6.18 Å². The van der Waals surface area contributed by atoms with Gasteiger partial charge in [0.25, 0.3) is 0 Å². The molecule has 0 aliphatic carbocycles. The van der Waals surface area contributed by atoms with Crippen LogP contribution in [0.1, 0.15) is 38.7 Å². The largest absolute Gasteiger partial charge is 0.416 e. The van der Waals surface area contributed by atoms with Crippen LogP contribution in [0.4, 0.5) is 24.5 Å². The van der Waals surface area contributed by atoms with Gasteiger partial charge in [-0.25, -0.2) is 0 Å². The van der Waals surface area contributed by atoms with Crippen molar-refractivity contribution in [3.05, 3.63) is 48.0 Å². The molecule has 1 fully saturated rings. The highest BCUT2D eigenvalue weighted by Gasteiger charge is 2.33. The minimum absolute atomic E-state index is 0. The molecule has 0 aromatic heterocycles. The van der Waals surface area contributed by atoms with Crippen molar-refractivity contribution in [2.45, 2.75) is 55.2 Å². The van der Waals surface area contributed by atoms with E-state index in [0.717, 1.165) is 80.6 Å². The molecule has 0 bridgehead atoms. The highest BCUT2D eigenvalue weighted by atomic mass is 35.5. The number of hydrogen-bond donors (Lipinski definition) is 0. The lowest BCUT2D eigenvalue weighted by atomic mass is 10.1. The normalized spacial score (nSPS) is 16.1. The number of para-hydroxylation sites is 1. The Labute approximate surface area is 235 Å². The Morgan fingerprint density at radius 3 is 2.11 bits per heavy atom. The fourth-order valence-corrected chi connectivity index (χ4v) is 5.88. The second-order valence-corrected chi connectivity index (χ2v) is 10.3. The molecule has 0 saturated carbocycles. The molecule has 0 radical (unpaired) electrons. The smallest absolute Gasteiger partial charge is 0.377 e. The maximum Gasteiger partial charge on any atom is 0.416 e. The van der Waals surface area contributed by atoms with E-state index in [1.54, 1.807) is 17.8 Å². The van der Waals surface area contributed by atoms with E-state index < -0.39 is 11.7 Å². The number of rotatable bonds is 10. The lowest BCUT2D eigenvalue weighted by Crippen LogP contribution is -2.47. The van der Waals surface area contributed by atoms with Gasteiger partial charge in [-0.15, -0.1) is 24.8 Å². The van der Waals surface area contributed by atoms with Gasteiger partial charge in [0.15, 0.2) is 0 Å². The molecular formula is C27H38Cl2F3N3OS. The predicted octanol–water partition coefficient (Wildman–Crippen LogP) is 7.36. The van der Waals surface area contributed by atoms with Crippen LogP contribution in [0.3, 0.4) is 0 Å². The number of benzene rings is 2. The molecule has 0 atom stereocenters. The first-order valence-electron chi connectivity index (χ1n) is 12.7. The van der Waals surface area contributed by atoms with Crippen LogP contribution >= 0.6 is 36.6 Å². The van der Waals surface area contributed by atoms with Crippen molar-refractivity contribution in [2.75, 3.05) is 57.3 Å². The van der Waals surface area contributed by atoms with Crippen LogP contribution in [-0.2, 0) is 10.9 Å². The van der Waals surface area contributed by atoms with E-state index in [2.05, 4.69) is 28.5 Å². The summed E-state index contributed by atoms with van der Waals surface area (Å²) in [7, 11) is 0. The van der Waals surface area contributed by atoms with Gasteiger partial charge in [0.1, 0.15) is 0 Å². The van der Waals surface area contributed by atoms with Gasteiger partial charge < -0.3 is 14.5 Å². The van der Waals surface area contributed by atoms with Crippen molar-refractivity contribution in [2.24, 2.45) is 0 Å². The summed E-state index contributed by atoms with van der Waals surface area (Å²) < 4.78 is 46.2. The molecule has 0 N–H and O–H groups in total. The zero-order valence-corrected chi connectivity index (χ0v) is 24.0. The number of hydrogen-bond acceptors (Lipinski definition) is 5. The summed E-state index contributed by atoms with van der Waals surface area (Å²) in [4.78, 5) is 8.97. The summed E-state index contributed by atoms with van der Waals surface area (Å²) >= 11 is 1.54. The summed E-state index contributed by atoms with van der Waals surface area (Å²) in [5.41, 5.74) is 1.06. The second kappa shape index (κ2) is 14.8. The average Bonchev–Trinajstić information content (AvgIpc) is 2.86. The molecule has 37 heavy (non-hydrogen) atoms. The van der Waals surface area contributed by atoms with Crippen LogP contribution < -0.4 is 4.90 Å². The van der Waals surface area contributed by atoms with Gasteiger partial charge in [-0.2, -0.15) is 13.2 Å². The number of piperazine rings is 1. The van der Waals surface area contributed by atoms with Crippen LogP contribution in [0.15, 0.2) is 52.3 Å². The highest BCUT2D eigenvalue weighted by molar-refractivity contribution is 7.99. The Morgan fingerprint density at radius 1 is 0.838 bits per heavy atom. The van der Waals surface area contributed by atoms with Crippen molar-refractivity contribution in [3.63, 3.8) is 0 Å². The van der Waals surface area contributed by atoms with Gasteiger partial charge in [-0.1, -0.05) is 37.7 Å². The Morgan fingerprint density at radius 2 is 1.46 bits per heavy atom. The Hall–Kier alpha value is -1.16. The van der Waals surface area contributed by atoms with Crippen LogP contribution in [-0.4, -0.2) is 68.3 Å². The van der Waals surface area contributed by atoms with Crippen LogP contribution in [0.2, 0.25) is 0 Å². The third-order valence-corrected chi connectivity index (χ3v) is 8.08. The second-order valence-electron chi connectivity index (χ2n) is 9.25. The van der Waals surface area contributed by atoms with E-state index in [9.17, 15) is 13.2 Å². The molecule has 2 aromatic rings. The third-order valence-electron chi connectivity index (χ3n) is 6.95. The molecule has 1 saturated heterocycles. The Kier molecular flexibility index (Phi) is 12.9. The molecule has 0 amide bonds. The number of fused-ring (bicyclic) bond motifs is 2. The molecule has 0 unspecified atom stereocenters. The fourth-order valence-electron chi connectivity index (χ4n) is 4.81. The summed E-state index contributed by atoms with van der Waals surface area (Å²) in [5, 5.41) is 0. The molecular weight excluding hydrogens is 542 g/mol. The standard InChI is InChI=1S/C27H36F3N3OS.2ClH/c1-3-22(4-2)34-19-18-32-16-14-31(15-17-32)12-7-13-33-23-8-5-6-9-25(23)35-26-11-10-21(20-24(26)33)27(28,29)30;;/h5-6,8-11,20,22H,3-4,7,12-19H2,1-2H3;2*1H. The fraction of sp³-hybridized carbons (Fsp3) is 0.556. The zero-order valence-electron chi connectivity index (χ0n) is 21.5. The van der Waals surface area contributed by atoms with Gasteiger partial charge in [-0.3, -0.25) is 4.90 Å². The van der Waals surface area contributed by atoms with Crippen molar-refractivity contribution in [3.8, 4) is 0 Å². The Bertz CT molecular complexity index is 970. The minimum atomic E-state index is -4.35. The maximum atomic E-state index is 13.4. The van der Waals surface area contributed by atoms with E-state index in [-0.39, 0.29) is 24.8 Å². The molecule has 2 aliphatic heterocycles. The Balaban J connectivity index is 0.00000241.